The molecule has 0 spiro atoms. The maximum absolute atomic E-state index is 13.0. The van der Waals surface area contributed by atoms with Crippen molar-refractivity contribution in [1.29, 1.82) is 0 Å². The third-order valence-corrected chi connectivity index (χ3v) is 4.78. The van der Waals surface area contributed by atoms with Gasteiger partial charge in [0.1, 0.15) is 5.82 Å². The summed E-state index contributed by atoms with van der Waals surface area (Å²) < 4.78 is 13.0. The molecule has 0 N–H and O–H groups in total. The van der Waals surface area contributed by atoms with E-state index in [9.17, 15) is 14.0 Å². The first-order chi connectivity index (χ1) is 12.1. The number of rotatable bonds is 3. The number of fused-ring (bicyclic) bond motifs is 1. The summed E-state index contributed by atoms with van der Waals surface area (Å²) in [4.78, 5) is 30.5. The van der Waals surface area contributed by atoms with Crippen LogP contribution in [0.15, 0.2) is 48.5 Å². The van der Waals surface area contributed by atoms with Crippen molar-refractivity contribution in [3.63, 3.8) is 0 Å². The highest BCUT2D eigenvalue weighted by Gasteiger charge is 2.36. The maximum atomic E-state index is 13.0. The first-order valence-corrected chi connectivity index (χ1v) is 8.31. The molecule has 0 aromatic heterocycles. The lowest BCUT2D eigenvalue weighted by Gasteiger charge is -2.37. The molecule has 0 unspecified atom stereocenters. The Morgan fingerprint density at radius 2 is 1.36 bits per heavy atom. The summed E-state index contributed by atoms with van der Waals surface area (Å²) in [7, 11) is 0. The fourth-order valence-electron chi connectivity index (χ4n) is 3.37. The second kappa shape index (κ2) is 6.29. The molecule has 2 heterocycles. The van der Waals surface area contributed by atoms with Crippen LogP contribution in [-0.2, 0) is 0 Å². The lowest BCUT2D eigenvalue weighted by molar-refractivity contribution is 0.0535. The minimum atomic E-state index is -0.243. The first-order valence-electron chi connectivity index (χ1n) is 8.31. The number of carbonyl (C=O) groups is 2. The molecular formula is C19H18FN3O2. The number of amides is 2. The van der Waals surface area contributed by atoms with E-state index >= 15 is 0 Å². The topological polar surface area (TPSA) is 43.9 Å². The van der Waals surface area contributed by atoms with Gasteiger partial charge in [0.05, 0.1) is 17.8 Å². The van der Waals surface area contributed by atoms with E-state index in [1.165, 1.54) is 17.0 Å². The zero-order valence-corrected chi connectivity index (χ0v) is 13.7. The summed E-state index contributed by atoms with van der Waals surface area (Å²) >= 11 is 0. The van der Waals surface area contributed by atoms with E-state index in [1.807, 2.05) is 0 Å². The number of hydrogen-bond donors (Lipinski definition) is 0. The fraction of sp³-hybridized carbons (Fsp3) is 0.263. The second-order valence-electron chi connectivity index (χ2n) is 6.31. The van der Waals surface area contributed by atoms with Gasteiger partial charge in [0.2, 0.25) is 0 Å². The molecule has 1 saturated heterocycles. The normalized spacial score (nSPS) is 18.0. The van der Waals surface area contributed by atoms with Gasteiger partial charge in [-0.2, -0.15) is 0 Å². The Morgan fingerprint density at radius 3 is 1.92 bits per heavy atom. The lowest BCUT2D eigenvalue weighted by atomic mass is 10.1. The Kier molecular flexibility index (Phi) is 3.97. The van der Waals surface area contributed by atoms with E-state index < -0.39 is 0 Å². The standard InChI is InChI=1S/C19H18FN3O2/c20-14-5-7-15(8-6-14)22-11-9-21(10-12-22)13-23-18(24)16-3-1-2-4-17(16)19(23)25/h1-8H,9-13H2. The number of benzene rings is 2. The van der Waals surface area contributed by atoms with Gasteiger partial charge < -0.3 is 4.90 Å². The quantitative estimate of drug-likeness (QED) is 0.804. The Hall–Kier alpha value is -2.73. The highest BCUT2D eigenvalue weighted by atomic mass is 19.1. The summed E-state index contributed by atoms with van der Waals surface area (Å²) in [5, 5.41) is 0. The van der Waals surface area contributed by atoms with Gasteiger partial charge in [-0.25, -0.2) is 4.39 Å². The van der Waals surface area contributed by atoms with Crippen LogP contribution >= 0.6 is 0 Å². The van der Waals surface area contributed by atoms with E-state index in [2.05, 4.69) is 9.80 Å². The predicted molar refractivity (Wildman–Crippen MR) is 92.0 cm³/mol. The largest absolute Gasteiger partial charge is 0.369 e. The molecule has 0 atom stereocenters. The van der Waals surface area contributed by atoms with Crippen molar-refractivity contribution in [2.45, 2.75) is 0 Å². The lowest BCUT2D eigenvalue weighted by Crippen LogP contribution is -2.51. The van der Waals surface area contributed by atoms with E-state index in [0.717, 1.165) is 31.9 Å². The van der Waals surface area contributed by atoms with Crippen LogP contribution in [-0.4, -0.2) is 54.5 Å². The number of hydrogen-bond acceptors (Lipinski definition) is 4. The molecule has 5 nitrogen and oxygen atoms in total. The van der Waals surface area contributed by atoms with Crippen molar-refractivity contribution in [2.24, 2.45) is 0 Å². The molecule has 2 amide bonds. The van der Waals surface area contributed by atoms with Crippen LogP contribution < -0.4 is 4.90 Å². The summed E-state index contributed by atoms with van der Waals surface area (Å²) in [5.41, 5.74) is 1.96. The van der Waals surface area contributed by atoms with Crippen molar-refractivity contribution in [3.05, 3.63) is 65.5 Å². The Bertz CT molecular complexity index is 779. The van der Waals surface area contributed by atoms with E-state index in [0.29, 0.717) is 17.8 Å². The zero-order valence-electron chi connectivity index (χ0n) is 13.7. The highest BCUT2D eigenvalue weighted by molar-refractivity contribution is 6.21. The summed E-state index contributed by atoms with van der Waals surface area (Å²) in [6, 6.07) is 13.4. The summed E-state index contributed by atoms with van der Waals surface area (Å²) in [6.07, 6.45) is 0. The number of carbonyl (C=O) groups excluding carboxylic acids is 2. The van der Waals surface area contributed by atoms with Crippen molar-refractivity contribution < 1.29 is 14.0 Å². The zero-order chi connectivity index (χ0) is 17.4. The van der Waals surface area contributed by atoms with Gasteiger partial charge in [0, 0.05) is 31.9 Å². The molecular weight excluding hydrogens is 321 g/mol. The monoisotopic (exact) mass is 339 g/mol. The molecule has 25 heavy (non-hydrogen) atoms. The van der Waals surface area contributed by atoms with Crippen LogP contribution in [0.2, 0.25) is 0 Å². The third-order valence-electron chi connectivity index (χ3n) is 4.78. The number of halogens is 1. The Morgan fingerprint density at radius 1 is 0.800 bits per heavy atom. The molecule has 4 rings (SSSR count). The molecule has 0 bridgehead atoms. The van der Waals surface area contributed by atoms with Gasteiger partial charge in [0.15, 0.2) is 0 Å². The first kappa shape index (κ1) is 15.8. The molecule has 2 aromatic carbocycles. The minimum absolute atomic E-state index is 0.221. The van der Waals surface area contributed by atoms with Crippen molar-refractivity contribution in [2.75, 3.05) is 37.7 Å². The third kappa shape index (κ3) is 2.89. The SMILES string of the molecule is O=C1c2ccccc2C(=O)N1CN1CCN(c2ccc(F)cc2)CC1. The average molecular weight is 339 g/mol. The van der Waals surface area contributed by atoms with Crippen LogP contribution in [0.4, 0.5) is 10.1 Å². The van der Waals surface area contributed by atoms with Gasteiger partial charge in [0.25, 0.3) is 11.8 Å². The van der Waals surface area contributed by atoms with Crippen LogP contribution in [0.5, 0.6) is 0 Å². The molecule has 128 valence electrons. The number of piperazine rings is 1. The van der Waals surface area contributed by atoms with Crippen LogP contribution in [0.1, 0.15) is 20.7 Å². The molecule has 2 aromatic rings. The molecule has 0 saturated carbocycles. The molecule has 6 heteroatoms. The van der Waals surface area contributed by atoms with Crippen LogP contribution in [0.3, 0.4) is 0 Å². The fourth-order valence-corrected chi connectivity index (χ4v) is 3.37. The highest BCUT2D eigenvalue weighted by Crippen LogP contribution is 2.23. The predicted octanol–water partition coefficient (Wildman–Crippen LogP) is 2.20. The average Bonchev–Trinajstić information content (AvgIpc) is 2.88. The van der Waals surface area contributed by atoms with Gasteiger partial charge in [-0.1, -0.05) is 12.1 Å². The number of imide groups is 1. The number of nitrogens with zero attached hydrogens (tertiary/aromatic N) is 3. The van der Waals surface area contributed by atoms with Gasteiger partial charge in [-0.05, 0) is 36.4 Å². The molecule has 0 aliphatic carbocycles. The Labute approximate surface area is 145 Å². The summed E-state index contributed by atoms with van der Waals surface area (Å²) in [5.74, 6) is -0.684. The molecule has 2 aliphatic heterocycles. The van der Waals surface area contributed by atoms with Crippen molar-refractivity contribution in [3.8, 4) is 0 Å². The summed E-state index contributed by atoms with van der Waals surface area (Å²) in [6.45, 7) is 3.34. The van der Waals surface area contributed by atoms with Gasteiger partial charge >= 0.3 is 0 Å². The van der Waals surface area contributed by atoms with Gasteiger partial charge in [-0.15, -0.1) is 0 Å². The molecule has 0 radical (unpaired) electrons. The van der Waals surface area contributed by atoms with Crippen LogP contribution in [0, 0.1) is 5.82 Å². The van der Waals surface area contributed by atoms with E-state index in [-0.39, 0.29) is 17.6 Å². The molecule has 2 aliphatic rings. The maximum Gasteiger partial charge on any atom is 0.262 e. The smallest absolute Gasteiger partial charge is 0.262 e. The second-order valence-corrected chi connectivity index (χ2v) is 6.31. The molecule has 1 fully saturated rings. The number of anilines is 1. The minimum Gasteiger partial charge on any atom is -0.369 e. The van der Waals surface area contributed by atoms with Crippen LogP contribution in [0.25, 0.3) is 0 Å². The van der Waals surface area contributed by atoms with Gasteiger partial charge in [-0.3, -0.25) is 19.4 Å². The van der Waals surface area contributed by atoms with Crippen molar-refractivity contribution >= 4 is 17.5 Å². The Balaban J connectivity index is 1.39. The van der Waals surface area contributed by atoms with E-state index in [4.69, 9.17) is 0 Å². The van der Waals surface area contributed by atoms with E-state index in [1.54, 1.807) is 36.4 Å². The van der Waals surface area contributed by atoms with Crippen molar-refractivity contribution in [1.82, 2.24) is 9.80 Å².